The summed E-state index contributed by atoms with van der Waals surface area (Å²) in [6.45, 7) is 10.0. The molecule has 2 heterocycles. The lowest BCUT2D eigenvalue weighted by atomic mass is 10.4. The third-order valence-electron chi connectivity index (χ3n) is 1.69. The summed E-state index contributed by atoms with van der Waals surface area (Å²) in [4.78, 5) is 4.34. The van der Waals surface area contributed by atoms with E-state index in [1.807, 2.05) is 51.5 Å². The molecule has 0 radical (unpaired) electrons. The van der Waals surface area contributed by atoms with Crippen LogP contribution in [0.4, 0.5) is 0 Å². The Hall–Kier alpha value is -1.31. The summed E-state index contributed by atoms with van der Waals surface area (Å²) in [6, 6.07) is 0. The van der Waals surface area contributed by atoms with Crippen LogP contribution in [0.5, 0.6) is 0 Å². The number of imidazole rings is 1. The largest absolute Gasteiger partial charge is 0.307 e. The third-order valence-corrected chi connectivity index (χ3v) is 1.69. The zero-order valence-corrected chi connectivity index (χ0v) is 10.5. The van der Waals surface area contributed by atoms with Gasteiger partial charge in [-0.15, -0.1) is 0 Å². The standard InChI is InChI=1S/C9H10N2.2C2H6/c1-8-7-11-6-4-2-3-5-9(11)10-8;2*1-2/h3-7H,2H2,1H3;2*1-2H3. The van der Waals surface area contributed by atoms with Gasteiger partial charge in [0.1, 0.15) is 5.82 Å². The van der Waals surface area contributed by atoms with E-state index in [1.54, 1.807) is 0 Å². The van der Waals surface area contributed by atoms with Crippen LogP contribution in [0.25, 0.3) is 12.3 Å². The van der Waals surface area contributed by atoms with Crippen molar-refractivity contribution in [3.05, 3.63) is 29.9 Å². The van der Waals surface area contributed by atoms with Crippen molar-refractivity contribution in [1.82, 2.24) is 9.55 Å². The minimum atomic E-state index is 1.00. The van der Waals surface area contributed by atoms with E-state index < -0.39 is 0 Å². The van der Waals surface area contributed by atoms with Crippen LogP contribution < -0.4 is 0 Å². The Bertz CT molecular complexity index is 290. The van der Waals surface area contributed by atoms with Crippen LogP contribution in [0.2, 0.25) is 0 Å². The van der Waals surface area contributed by atoms with Gasteiger partial charge in [0.15, 0.2) is 0 Å². The van der Waals surface area contributed by atoms with Crippen LogP contribution in [0.15, 0.2) is 18.3 Å². The van der Waals surface area contributed by atoms with Gasteiger partial charge in [0, 0.05) is 12.4 Å². The number of hydrogen-bond acceptors (Lipinski definition) is 1. The molecule has 0 aromatic carbocycles. The first kappa shape index (κ1) is 13.7. The lowest BCUT2D eigenvalue weighted by Gasteiger charge is -1.91. The number of aryl methyl sites for hydroxylation is 1. The summed E-state index contributed by atoms with van der Waals surface area (Å²) in [5, 5.41) is 0. The molecule has 2 rings (SSSR count). The van der Waals surface area contributed by atoms with Crippen LogP contribution in [-0.2, 0) is 0 Å². The normalized spacial score (nSPS) is 11.5. The van der Waals surface area contributed by atoms with Gasteiger partial charge in [0.05, 0.1) is 5.69 Å². The Labute approximate surface area is 93.3 Å². The Morgan fingerprint density at radius 1 is 1.13 bits per heavy atom. The lowest BCUT2D eigenvalue weighted by Crippen LogP contribution is -1.85. The highest BCUT2D eigenvalue weighted by Gasteiger charge is 1.99. The van der Waals surface area contributed by atoms with Crippen molar-refractivity contribution in [3.8, 4) is 0 Å². The summed E-state index contributed by atoms with van der Waals surface area (Å²) in [7, 11) is 0. The molecule has 0 aliphatic carbocycles. The van der Waals surface area contributed by atoms with Gasteiger partial charge < -0.3 is 4.57 Å². The molecule has 0 atom stereocenters. The summed E-state index contributed by atoms with van der Waals surface area (Å²) >= 11 is 0. The van der Waals surface area contributed by atoms with E-state index >= 15 is 0 Å². The van der Waals surface area contributed by atoms with Gasteiger partial charge in [-0.1, -0.05) is 39.8 Å². The molecule has 0 N–H and O–H groups in total. The van der Waals surface area contributed by atoms with Gasteiger partial charge >= 0.3 is 0 Å². The molecule has 2 nitrogen and oxygen atoms in total. The fourth-order valence-corrected chi connectivity index (χ4v) is 1.20. The monoisotopic (exact) mass is 206 g/mol. The van der Waals surface area contributed by atoms with Gasteiger partial charge in [-0.3, -0.25) is 0 Å². The van der Waals surface area contributed by atoms with Crippen LogP contribution in [0.3, 0.4) is 0 Å². The molecule has 2 heteroatoms. The molecule has 0 spiro atoms. The molecule has 0 amide bonds. The zero-order valence-electron chi connectivity index (χ0n) is 10.5. The van der Waals surface area contributed by atoms with Crippen LogP contribution in [-0.4, -0.2) is 9.55 Å². The molecule has 1 aliphatic heterocycles. The first-order valence-corrected chi connectivity index (χ1v) is 5.75. The number of allylic oxidation sites excluding steroid dienone is 2. The number of rotatable bonds is 0. The van der Waals surface area contributed by atoms with Gasteiger partial charge in [-0.25, -0.2) is 4.98 Å². The summed E-state index contributed by atoms with van der Waals surface area (Å²) < 4.78 is 2.04. The van der Waals surface area contributed by atoms with Crippen molar-refractivity contribution >= 4 is 12.3 Å². The molecule has 1 aliphatic rings. The van der Waals surface area contributed by atoms with E-state index in [9.17, 15) is 0 Å². The van der Waals surface area contributed by atoms with Gasteiger partial charge in [-0.05, 0) is 19.4 Å². The predicted molar refractivity (Wildman–Crippen MR) is 68.6 cm³/mol. The summed E-state index contributed by atoms with van der Waals surface area (Å²) in [5.41, 5.74) is 1.07. The number of nitrogens with zero attached hydrogens (tertiary/aromatic N) is 2. The van der Waals surface area contributed by atoms with Crippen molar-refractivity contribution in [1.29, 1.82) is 0 Å². The molecule has 84 valence electrons. The molecule has 1 aromatic heterocycles. The van der Waals surface area contributed by atoms with Crippen molar-refractivity contribution in [3.63, 3.8) is 0 Å². The minimum Gasteiger partial charge on any atom is -0.307 e. The van der Waals surface area contributed by atoms with Crippen LogP contribution in [0.1, 0.15) is 45.6 Å². The molecular weight excluding hydrogens is 184 g/mol. The second-order valence-corrected chi connectivity index (χ2v) is 2.67. The van der Waals surface area contributed by atoms with Crippen molar-refractivity contribution < 1.29 is 0 Å². The van der Waals surface area contributed by atoms with Crippen LogP contribution >= 0.6 is 0 Å². The van der Waals surface area contributed by atoms with E-state index in [4.69, 9.17) is 0 Å². The Morgan fingerprint density at radius 3 is 2.47 bits per heavy atom. The van der Waals surface area contributed by atoms with Crippen molar-refractivity contribution in [2.75, 3.05) is 0 Å². The van der Waals surface area contributed by atoms with Gasteiger partial charge in [0.2, 0.25) is 0 Å². The predicted octanol–water partition coefficient (Wildman–Crippen LogP) is 4.13. The molecule has 0 bridgehead atoms. The van der Waals surface area contributed by atoms with Crippen molar-refractivity contribution in [2.24, 2.45) is 0 Å². The fourth-order valence-electron chi connectivity index (χ4n) is 1.20. The average molecular weight is 206 g/mol. The maximum absolute atomic E-state index is 4.34. The first-order chi connectivity index (χ1) is 7.36. The average Bonchev–Trinajstić information content (AvgIpc) is 2.51. The zero-order chi connectivity index (χ0) is 11.7. The quantitative estimate of drug-likeness (QED) is 0.624. The topological polar surface area (TPSA) is 17.8 Å². The van der Waals surface area contributed by atoms with E-state index in [2.05, 4.69) is 23.3 Å². The molecule has 0 saturated carbocycles. The highest BCUT2D eigenvalue weighted by atomic mass is 15.0. The number of fused-ring (bicyclic) bond motifs is 1. The Morgan fingerprint density at radius 2 is 1.80 bits per heavy atom. The minimum absolute atomic E-state index is 1.00. The van der Waals surface area contributed by atoms with E-state index in [-0.39, 0.29) is 0 Å². The van der Waals surface area contributed by atoms with E-state index in [0.717, 1.165) is 17.9 Å². The second-order valence-electron chi connectivity index (χ2n) is 2.67. The van der Waals surface area contributed by atoms with E-state index in [1.165, 1.54) is 0 Å². The smallest absolute Gasteiger partial charge is 0.136 e. The molecule has 1 aromatic rings. The second kappa shape index (κ2) is 8.04. The SMILES string of the molecule is CC.CC.Cc1cn2c(n1)C=CCC=C2. The molecule has 0 fully saturated rings. The first-order valence-electron chi connectivity index (χ1n) is 5.75. The van der Waals surface area contributed by atoms with Crippen molar-refractivity contribution in [2.45, 2.75) is 41.0 Å². The maximum Gasteiger partial charge on any atom is 0.136 e. The Balaban J connectivity index is 0.000000442. The molecule has 15 heavy (non-hydrogen) atoms. The van der Waals surface area contributed by atoms with Crippen LogP contribution in [0, 0.1) is 6.92 Å². The maximum atomic E-state index is 4.34. The molecular formula is C13H22N2. The van der Waals surface area contributed by atoms with E-state index in [0.29, 0.717) is 0 Å². The molecule has 0 saturated heterocycles. The number of hydrogen-bond donors (Lipinski definition) is 0. The van der Waals surface area contributed by atoms with Gasteiger partial charge in [0.25, 0.3) is 0 Å². The highest BCUT2D eigenvalue weighted by molar-refractivity contribution is 5.48. The Kier molecular flexibility index (Phi) is 7.33. The fraction of sp³-hybridized carbons (Fsp3) is 0.462. The lowest BCUT2D eigenvalue weighted by molar-refractivity contribution is 1.11. The third kappa shape index (κ3) is 4.15. The summed E-state index contributed by atoms with van der Waals surface area (Å²) in [5.74, 6) is 1.02. The van der Waals surface area contributed by atoms with Gasteiger partial charge in [-0.2, -0.15) is 0 Å². The number of aromatic nitrogens is 2. The summed E-state index contributed by atoms with van der Waals surface area (Å²) in [6.07, 6.45) is 11.4. The molecule has 0 unspecified atom stereocenters. The highest BCUT2D eigenvalue weighted by Crippen LogP contribution is 2.09.